The Labute approximate surface area is 209 Å². The second kappa shape index (κ2) is 11.2. The minimum Gasteiger partial charge on any atom is -0.489 e. The van der Waals surface area contributed by atoms with E-state index in [0.29, 0.717) is 24.3 Å². The van der Waals surface area contributed by atoms with Crippen molar-refractivity contribution in [2.75, 3.05) is 14.1 Å². The average molecular weight is 464 g/mol. The molecule has 4 aromatic rings. The topological polar surface area (TPSA) is 29.5 Å². The van der Waals surface area contributed by atoms with E-state index in [-0.39, 0.29) is 11.8 Å². The minimum atomic E-state index is -0.829. The first-order valence-electron chi connectivity index (χ1n) is 12.1. The summed E-state index contributed by atoms with van der Waals surface area (Å²) in [6.45, 7) is 2.63. The van der Waals surface area contributed by atoms with Gasteiger partial charge in [-0.3, -0.25) is 4.79 Å². The summed E-state index contributed by atoms with van der Waals surface area (Å²) in [7, 11) is 4.13. The summed E-state index contributed by atoms with van der Waals surface area (Å²) < 4.78 is 6.07. The maximum atomic E-state index is 14.6. The summed E-state index contributed by atoms with van der Waals surface area (Å²) in [4.78, 5) is 16.8. The van der Waals surface area contributed by atoms with Gasteiger partial charge in [-0.1, -0.05) is 103 Å². The molecule has 0 amide bonds. The Morgan fingerprint density at radius 1 is 0.771 bits per heavy atom. The molecule has 0 heterocycles. The summed E-state index contributed by atoms with van der Waals surface area (Å²) in [6, 6.07) is 38.2. The second-order valence-electron chi connectivity index (χ2n) is 9.29. The highest BCUT2D eigenvalue weighted by Crippen LogP contribution is 2.41. The van der Waals surface area contributed by atoms with Crippen molar-refractivity contribution in [3.05, 3.63) is 138 Å². The van der Waals surface area contributed by atoms with Crippen LogP contribution in [0.4, 0.5) is 0 Å². The van der Waals surface area contributed by atoms with E-state index in [4.69, 9.17) is 4.74 Å². The van der Waals surface area contributed by atoms with E-state index in [0.717, 1.165) is 16.7 Å². The minimum absolute atomic E-state index is 0.0776. The zero-order valence-electron chi connectivity index (χ0n) is 20.7. The Morgan fingerprint density at radius 3 is 1.86 bits per heavy atom. The van der Waals surface area contributed by atoms with E-state index in [1.54, 1.807) is 0 Å². The van der Waals surface area contributed by atoms with Crippen LogP contribution in [0.25, 0.3) is 0 Å². The highest BCUT2D eigenvalue weighted by atomic mass is 16.5. The zero-order valence-corrected chi connectivity index (χ0v) is 20.7. The fourth-order valence-electron chi connectivity index (χ4n) is 4.54. The van der Waals surface area contributed by atoms with Gasteiger partial charge in [-0.25, -0.2) is 0 Å². The molecule has 0 saturated carbocycles. The SMILES string of the molecule is C[C@H](CC(C(=O)c1cccc(OCc2ccccc2)c1)(c1ccccc1)c1ccccc1)N(C)C. The summed E-state index contributed by atoms with van der Waals surface area (Å²) in [5, 5.41) is 0. The molecule has 0 aliphatic rings. The normalized spacial score (nSPS) is 12.3. The summed E-state index contributed by atoms with van der Waals surface area (Å²) in [5.74, 6) is 0.768. The molecule has 0 N–H and O–H groups in total. The Hall–Kier alpha value is -3.69. The number of nitrogens with zero attached hydrogens (tertiary/aromatic N) is 1. The number of hydrogen-bond donors (Lipinski definition) is 0. The van der Waals surface area contributed by atoms with E-state index < -0.39 is 5.41 Å². The van der Waals surface area contributed by atoms with Gasteiger partial charge in [-0.2, -0.15) is 0 Å². The molecule has 1 atom stereocenters. The molecule has 4 rings (SSSR count). The van der Waals surface area contributed by atoms with Crippen LogP contribution in [0.3, 0.4) is 0 Å². The molecule has 0 aromatic heterocycles. The molecule has 0 bridgehead atoms. The van der Waals surface area contributed by atoms with Gasteiger partial charge in [0.05, 0.1) is 5.41 Å². The van der Waals surface area contributed by atoms with Crippen molar-refractivity contribution in [3.63, 3.8) is 0 Å². The number of ether oxygens (including phenoxy) is 1. The monoisotopic (exact) mass is 463 g/mol. The summed E-state index contributed by atoms with van der Waals surface area (Å²) >= 11 is 0. The molecule has 178 valence electrons. The fourth-order valence-corrected chi connectivity index (χ4v) is 4.54. The van der Waals surface area contributed by atoms with Crippen LogP contribution in [0.2, 0.25) is 0 Å². The number of Topliss-reactive ketones (excluding diaryl/α,β-unsaturated/α-hetero) is 1. The molecule has 0 radical (unpaired) electrons. The lowest BCUT2D eigenvalue weighted by Gasteiger charge is -2.38. The smallest absolute Gasteiger partial charge is 0.177 e. The van der Waals surface area contributed by atoms with Gasteiger partial charge in [-0.15, -0.1) is 0 Å². The number of ketones is 1. The van der Waals surface area contributed by atoms with Crippen molar-refractivity contribution in [2.24, 2.45) is 0 Å². The van der Waals surface area contributed by atoms with Crippen LogP contribution in [0, 0.1) is 0 Å². The molecular formula is C32H33NO2. The van der Waals surface area contributed by atoms with Crippen molar-refractivity contribution in [3.8, 4) is 5.75 Å². The molecule has 3 nitrogen and oxygen atoms in total. The van der Waals surface area contributed by atoms with Crippen LogP contribution < -0.4 is 4.74 Å². The first-order chi connectivity index (χ1) is 17.0. The molecule has 0 spiro atoms. The van der Waals surface area contributed by atoms with Gasteiger partial charge in [0.2, 0.25) is 0 Å². The molecule has 0 saturated heterocycles. The van der Waals surface area contributed by atoms with Gasteiger partial charge in [0.15, 0.2) is 5.78 Å². The average Bonchev–Trinajstić information content (AvgIpc) is 2.91. The van der Waals surface area contributed by atoms with Crippen molar-refractivity contribution in [1.29, 1.82) is 0 Å². The highest BCUT2D eigenvalue weighted by Gasteiger charge is 2.43. The molecule has 35 heavy (non-hydrogen) atoms. The van der Waals surface area contributed by atoms with E-state index >= 15 is 0 Å². The molecule has 4 aromatic carbocycles. The van der Waals surface area contributed by atoms with Crippen LogP contribution in [0.5, 0.6) is 5.75 Å². The maximum Gasteiger partial charge on any atom is 0.177 e. The first-order valence-corrected chi connectivity index (χ1v) is 12.1. The third-order valence-corrected chi connectivity index (χ3v) is 6.75. The number of carbonyl (C=O) groups is 1. The van der Waals surface area contributed by atoms with Gasteiger partial charge in [0, 0.05) is 11.6 Å². The molecule has 0 unspecified atom stereocenters. The van der Waals surface area contributed by atoms with Gasteiger partial charge < -0.3 is 9.64 Å². The number of hydrogen-bond acceptors (Lipinski definition) is 3. The third kappa shape index (κ3) is 5.52. The van der Waals surface area contributed by atoms with Gasteiger partial charge in [-0.05, 0) is 56.3 Å². The summed E-state index contributed by atoms with van der Waals surface area (Å²) in [5.41, 5.74) is 2.91. The van der Waals surface area contributed by atoms with Crippen LogP contribution in [0.15, 0.2) is 115 Å². The second-order valence-corrected chi connectivity index (χ2v) is 9.29. The van der Waals surface area contributed by atoms with Crippen LogP contribution >= 0.6 is 0 Å². The van der Waals surface area contributed by atoms with Crippen molar-refractivity contribution < 1.29 is 9.53 Å². The van der Waals surface area contributed by atoms with Gasteiger partial charge >= 0.3 is 0 Å². The van der Waals surface area contributed by atoms with Crippen molar-refractivity contribution in [2.45, 2.75) is 31.4 Å². The van der Waals surface area contributed by atoms with E-state index in [9.17, 15) is 4.79 Å². The van der Waals surface area contributed by atoms with E-state index in [1.165, 1.54) is 0 Å². The predicted octanol–water partition coefficient (Wildman–Crippen LogP) is 6.77. The lowest BCUT2D eigenvalue weighted by atomic mass is 9.66. The zero-order chi connectivity index (χ0) is 24.7. The van der Waals surface area contributed by atoms with Crippen molar-refractivity contribution in [1.82, 2.24) is 4.90 Å². The first kappa shape index (κ1) is 24.4. The van der Waals surface area contributed by atoms with Crippen LogP contribution in [-0.2, 0) is 12.0 Å². The highest BCUT2D eigenvalue weighted by molar-refractivity contribution is 6.06. The van der Waals surface area contributed by atoms with E-state index in [1.807, 2.05) is 91.0 Å². The largest absolute Gasteiger partial charge is 0.489 e. The van der Waals surface area contributed by atoms with Gasteiger partial charge in [0.25, 0.3) is 0 Å². The number of benzene rings is 4. The fraction of sp³-hybridized carbons (Fsp3) is 0.219. The molecular weight excluding hydrogens is 430 g/mol. The Bertz CT molecular complexity index is 1180. The Balaban J connectivity index is 1.78. The van der Waals surface area contributed by atoms with Crippen molar-refractivity contribution >= 4 is 5.78 Å². The number of carbonyl (C=O) groups excluding carboxylic acids is 1. The lowest BCUT2D eigenvalue weighted by Crippen LogP contribution is -2.43. The van der Waals surface area contributed by atoms with Crippen LogP contribution in [-0.4, -0.2) is 30.8 Å². The maximum absolute atomic E-state index is 14.6. The molecule has 0 aliphatic carbocycles. The lowest BCUT2D eigenvalue weighted by molar-refractivity contribution is 0.0882. The number of rotatable bonds is 10. The van der Waals surface area contributed by atoms with Crippen LogP contribution in [0.1, 0.15) is 40.4 Å². The Kier molecular flexibility index (Phi) is 7.79. The molecule has 0 fully saturated rings. The van der Waals surface area contributed by atoms with Gasteiger partial charge in [0.1, 0.15) is 12.4 Å². The predicted molar refractivity (Wildman–Crippen MR) is 143 cm³/mol. The molecule has 3 heteroatoms. The Morgan fingerprint density at radius 2 is 1.31 bits per heavy atom. The standard InChI is InChI=1S/C32H33NO2/c1-25(33(2)3)23-32(28-17-9-5-10-18-28,29-19-11-6-12-20-29)31(34)27-16-13-21-30(22-27)35-24-26-14-7-4-8-15-26/h4-22,25H,23-24H2,1-3H3/t25-/m1/s1. The third-order valence-electron chi connectivity index (χ3n) is 6.75. The molecule has 0 aliphatic heterocycles. The quantitative estimate of drug-likeness (QED) is 0.243. The van der Waals surface area contributed by atoms with E-state index in [2.05, 4.69) is 50.2 Å². The summed E-state index contributed by atoms with van der Waals surface area (Å²) in [6.07, 6.45) is 0.655.